The molecule has 0 fully saturated rings. The predicted molar refractivity (Wildman–Crippen MR) is 90.4 cm³/mol. The molecule has 1 aliphatic rings. The average Bonchev–Trinajstić information content (AvgIpc) is 3.01. The Kier molecular flexibility index (Phi) is 3.31. The second-order valence-corrected chi connectivity index (χ2v) is 7.28. The van der Waals surface area contributed by atoms with E-state index in [-0.39, 0.29) is 4.90 Å². The summed E-state index contributed by atoms with van der Waals surface area (Å²) in [5.74, 6) is 0. The van der Waals surface area contributed by atoms with Crippen molar-refractivity contribution in [2.75, 3.05) is 0 Å². The number of fused-ring (bicyclic) bond motifs is 2. The highest BCUT2D eigenvalue weighted by atomic mass is 32.2. The first-order chi connectivity index (χ1) is 11.1. The third-order valence-electron chi connectivity index (χ3n) is 4.18. The van der Waals surface area contributed by atoms with E-state index in [9.17, 15) is 8.42 Å². The van der Waals surface area contributed by atoms with Gasteiger partial charge in [-0.1, -0.05) is 36.4 Å². The third kappa shape index (κ3) is 2.57. The lowest BCUT2D eigenvalue weighted by molar-refractivity contribution is 0.604. The highest BCUT2D eigenvalue weighted by Crippen LogP contribution is 2.34. The van der Waals surface area contributed by atoms with Gasteiger partial charge in [0.1, 0.15) is 10.0 Å². The summed E-state index contributed by atoms with van der Waals surface area (Å²) >= 11 is 0. The summed E-state index contributed by atoms with van der Waals surface area (Å²) in [5.41, 5.74) is 3.45. The number of sulfonamides is 1. The molecule has 0 amide bonds. The van der Waals surface area contributed by atoms with Gasteiger partial charge in [0.15, 0.2) is 0 Å². The van der Waals surface area contributed by atoms with Crippen molar-refractivity contribution in [1.82, 2.24) is 4.98 Å². The van der Waals surface area contributed by atoms with Crippen molar-refractivity contribution in [2.45, 2.75) is 24.2 Å². The monoisotopic (exact) mass is 323 g/mol. The third-order valence-corrected chi connectivity index (χ3v) is 5.52. The largest absolute Gasteiger partial charge is 0.573 e. The Balaban J connectivity index is 1.75. The van der Waals surface area contributed by atoms with E-state index in [2.05, 4.69) is 9.71 Å². The van der Waals surface area contributed by atoms with Crippen LogP contribution in [0, 0.1) is 0 Å². The molecular weight excluding hydrogens is 308 g/mol. The molecule has 0 atom stereocenters. The first kappa shape index (κ1) is 14.2. The lowest BCUT2D eigenvalue weighted by Gasteiger charge is -2.23. The normalized spacial score (nSPS) is 13.9. The summed E-state index contributed by atoms with van der Waals surface area (Å²) in [6.45, 7) is 0. The van der Waals surface area contributed by atoms with Gasteiger partial charge in [-0.2, -0.15) is 0 Å². The van der Waals surface area contributed by atoms with Gasteiger partial charge in [-0.15, -0.1) is 5.69 Å². The fourth-order valence-corrected chi connectivity index (χ4v) is 4.24. The highest BCUT2D eigenvalue weighted by Gasteiger charge is 2.12. The molecule has 0 radical (unpaired) electrons. The van der Waals surface area contributed by atoms with Crippen molar-refractivity contribution in [3.63, 3.8) is 0 Å². The van der Waals surface area contributed by atoms with Crippen LogP contribution in [0.5, 0.6) is 0 Å². The Hall–Kier alpha value is -2.40. The number of aromatic nitrogens is 1. The van der Waals surface area contributed by atoms with Crippen LogP contribution in [-0.4, -0.2) is 13.4 Å². The number of rotatable bonds is 3. The number of nitrogens with zero attached hydrogens (tertiary/aromatic N) is 2. The maximum atomic E-state index is 12.7. The minimum atomic E-state index is -3.79. The Morgan fingerprint density at radius 1 is 0.957 bits per heavy atom. The molecule has 4 nitrogen and oxygen atoms in total. The fraction of sp³-hybridized carbons (Fsp3) is 0.167. The zero-order valence-corrected chi connectivity index (χ0v) is 13.3. The molecule has 1 aromatic heterocycles. The molecule has 0 spiro atoms. The van der Waals surface area contributed by atoms with Gasteiger partial charge in [0.25, 0.3) is 0 Å². The average molecular weight is 323 g/mol. The maximum Gasteiger partial charge on any atom is 0.125 e. The van der Waals surface area contributed by atoms with Crippen LogP contribution >= 0.6 is 0 Å². The molecule has 0 aliphatic heterocycles. The summed E-state index contributed by atoms with van der Waals surface area (Å²) in [4.78, 5) is 4.36. The van der Waals surface area contributed by atoms with Gasteiger partial charge in [-0.3, -0.25) is 4.98 Å². The van der Waals surface area contributed by atoms with Gasteiger partial charge >= 0.3 is 0 Å². The Morgan fingerprint density at radius 2 is 1.78 bits per heavy atom. The van der Waals surface area contributed by atoms with Crippen molar-refractivity contribution in [2.24, 2.45) is 0 Å². The predicted octanol–water partition coefficient (Wildman–Crippen LogP) is 4.12. The zero-order valence-electron chi connectivity index (χ0n) is 12.4. The first-order valence-electron chi connectivity index (χ1n) is 7.57. The van der Waals surface area contributed by atoms with Crippen LogP contribution in [0.1, 0.15) is 17.5 Å². The van der Waals surface area contributed by atoms with Crippen LogP contribution in [0.25, 0.3) is 15.6 Å². The molecule has 0 N–H and O–H groups in total. The minimum Gasteiger partial charge on any atom is -0.573 e. The van der Waals surface area contributed by atoms with Crippen LogP contribution in [0.15, 0.2) is 59.6 Å². The molecule has 0 unspecified atom stereocenters. The van der Waals surface area contributed by atoms with E-state index in [1.165, 1.54) is 11.1 Å². The van der Waals surface area contributed by atoms with Gasteiger partial charge in [-0.05, 0) is 42.5 Å². The molecule has 4 rings (SSSR count). The first-order valence-corrected chi connectivity index (χ1v) is 9.01. The smallest absolute Gasteiger partial charge is 0.125 e. The van der Waals surface area contributed by atoms with Crippen LogP contribution < -0.4 is 0 Å². The highest BCUT2D eigenvalue weighted by molar-refractivity contribution is 7.94. The summed E-state index contributed by atoms with van der Waals surface area (Å²) in [6, 6.07) is 14.4. The van der Waals surface area contributed by atoms with E-state index in [1.807, 2.05) is 24.3 Å². The summed E-state index contributed by atoms with van der Waals surface area (Å²) in [6.07, 6.45) is 4.78. The number of benzene rings is 2. The number of para-hydroxylation sites is 1. The molecule has 0 bridgehead atoms. The van der Waals surface area contributed by atoms with E-state index in [0.29, 0.717) is 11.2 Å². The molecular formula is C18H15N2O2S-. The number of pyridine rings is 1. The second-order valence-electron chi connectivity index (χ2n) is 5.70. The van der Waals surface area contributed by atoms with Gasteiger partial charge in [-0.25, -0.2) is 8.42 Å². The Labute approximate surface area is 135 Å². The standard InChI is InChI=1S/C18H15N2O2S/c21-23(22,17-8-2-5-14-7-3-11-19-18(14)17)20-16-10-9-13-4-1-6-15(13)12-16/h2-3,5,7-12H,1,4,6H2/q-1. The van der Waals surface area contributed by atoms with Crippen molar-refractivity contribution in [3.8, 4) is 0 Å². The van der Waals surface area contributed by atoms with Crippen molar-refractivity contribution >= 4 is 26.6 Å². The molecule has 3 aromatic rings. The van der Waals surface area contributed by atoms with Crippen molar-refractivity contribution < 1.29 is 8.42 Å². The molecule has 1 heterocycles. The molecule has 2 aromatic carbocycles. The molecule has 5 heteroatoms. The van der Waals surface area contributed by atoms with Gasteiger partial charge in [0.2, 0.25) is 0 Å². The van der Waals surface area contributed by atoms with Crippen LogP contribution in [-0.2, 0) is 22.9 Å². The number of aryl methyl sites for hydroxylation is 2. The minimum absolute atomic E-state index is 0.149. The molecule has 1 aliphatic carbocycles. The maximum absolute atomic E-state index is 12.7. The second kappa shape index (κ2) is 5.35. The molecule has 0 saturated heterocycles. The quantitative estimate of drug-likeness (QED) is 0.728. The molecule has 23 heavy (non-hydrogen) atoms. The van der Waals surface area contributed by atoms with Crippen LogP contribution in [0.3, 0.4) is 0 Å². The van der Waals surface area contributed by atoms with E-state index in [1.54, 1.807) is 30.5 Å². The Morgan fingerprint density at radius 3 is 2.70 bits per heavy atom. The van der Waals surface area contributed by atoms with E-state index in [4.69, 9.17) is 0 Å². The van der Waals surface area contributed by atoms with E-state index < -0.39 is 10.0 Å². The Bertz CT molecular complexity index is 992. The van der Waals surface area contributed by atoms with Crippen molar-refractivity contribution in [1.29, 1.82) is 0 Å². The topological polar surface area (TPSA) is 61.1 Å². The number of hydrogen-bond acceptors (Lipinski definition) is 3. The molecule has 0 saturated carbocycles. The zero-order chi connectivity index (χ0) is 15.9. The lowest BCUT2D eigenvalue weighted by atomic mass is 10.1. The van der Waals surface area contributed by atoms with Crippen LogP contribution in [0.2, 0.25) is 0 Å². The summed E-state index contributed by atoms with van der Waals surface area (Å²) in [7, 11) is -3.79. The summed E-state index contributed by atoms with van der Waals surface area (Å²) in [5, 5.41) is 0.790. The number of hydrogen-bond donors (Lipinski definition) is 0. The van der Waals surface area contributed by atoms with Gasteiger partial charge in [0.05, 0.1) is 10.4 Å². The van der Waals surface area contributed by atoms with Crippen LogP contribution in [0.4, 0.5) is 5.69 Å². The van der Waals surface area contributed by atoms with E-state index >= 15 is 0 Å². The SMILES string of the molecule is O=S(=O)([N-]c1ccc2c(c1)CCC2)c1cccc2cccnc12. The van der Waals surface area contributed by atoms with E-state index in [0.717, 1.165) is 24.6 Å². The fourth-order valence-electron chi connectivity index (χ4n) is 3.09. The van der Waals surface area contributed by atoms with Gasteiger partial charge in [0, 0.05) is 11.6 Å². The summed E-state index contributed by atoms with van der Waals surface area (Å²) < 4.78 is 29.4. The van der Waals surface area contributed by atoms with Gasteiger partial charge < -0.3 is 4.72 Å². The molecule has 116 valence electrons. The lowest BCUT2D eigenvalue weighted by Crippen LogP contribution is -2.00. The van der Waals surface area contributed by atoms with Crippen molar-refractivity contribution in [3.05, 3.63) is 70.6 Å².